The van der Waals surface area contributed by atoms with Crippen molar-refractivity contribution in [3.05, 3.63) is 0 Å². The van der Waals surface area contributed by atoms with Crippen molar-refractivity contribution in [2.75, 3.05) is 45.8 Å². The standard InChI is InChI=1S/C16H32N4O/c1-14(12-19-7-3-2-4-8-19)11-18-16(21)13-20-9-5-15(17)6-10-20/h14-15H,2-13,17H2,1H3,(H,18,21). The van der Waals surface area contributed by atoms with Crippen molar-refractivity contribution in [3.63, 3.8) is 0 Å². The fourth-order valence-corrected chi connectivity index (χ4v) is 3.31. The summed E-state index contributed by atoms with van der Waals surface area (Å²) in [7, 11) is 0. The number of carbonyl (C=O) groups is 1. The SMILES string of the molecule is CC(CNC(=O)CN1CCC(N)CC1)CN1CCCCC1. The molecule has 2 heterocycles. The van der Waals surface area contributed by atoms with Crippen LogP contribution in [0, 0.1) is 5.92 Å². The Morgan fingerprint density at radius 1 is 1.14 bits per heavy atom. The number of amides is 1. The average Bonchev–Trinajstić information content (AvgIpc) is 2.49. The van der Waals surface area contributed by atoms with Crippen LogP contribution in [-0.4, -0.2) is 67.6 Å². The number of hydrogen-bond donors (Lipinski definition) is 2. The Morgan fingerprint density at radius 2 is 1.81 bits per heavy atom. The lowest BCUT2D eigenvalue weighted by atomic mass is 10.1. The Hall–Kier alpha value is -0.650. The summed E-state index contributed by atoms with van der Waals surface area (Å²) < 4.78 is 0. The van der Waals surface area contributed by atoms with Crippen molar-refractivity contribution in [2.24, 2.45) is 11.7 Å². The molecule has 5 nitrogen and oxygen atoms in total. The molecule has 3 N–H and O–H groups in total. The van der Waals surface area contributed by atoms with Crippen LogP contribution < -0.4 is 11.1 Å². The molecule has 1 unspecified atom stereocenters. The largest absolute Gasteiger partial charge is 0.355 e. The Bertz CT molecular complexity index is 309. The molecule has 0 bridgehead atoms. The first-order valence-corrected chi connectivity index (χ1v) is 8.60. The third-order valence-electron chi connectivity index (χ3n) is 4.67. The van der Waals surface area contributed by atoms with Gasteiger partial charge in [-0.05, 0) is 44.7 Å². The van der Waals surface area contributed by atoms with Crippen molar-refractivity contribution in [2.45, 2.75) is 45.1 Å². The molecule has 2 fully saturated rings. The zero-order chi connectivity index (χ0) is 15.1. The van der Waals surface area contributed by atoms with Crippen molar-refractivity contribution in [3.8, 4) is 0 Å². The van der Waals surface area contributed by atoms with Gasteiger partial charge in [-0.1, -0.05) is 13.3 Å². The minimum absolute atomic E-state index is 0.163. The second-order valence-corrected chi connectivity index (χ2v) is 6.88. The molecule has 0 spiro atoms. The minimum Gasteiger partial charge on any atom is -0.355 e. The van der Waals surface area contributed by atoms with Gasteiger partial charge >= 0.3 is 0 Å². The number of hydrogen-bond acceptors (Lipinski definition) is 4. The van der Waals surface area contributed by atoms with Gasteiger partial charge in [-0.25, -0.2) is 0 Å². The monoisotopic (exact) mass is 296 g/mol. The van der Waals surface area contributed by atoms with Gasteiger partial charge in [0.05, 0.1) is 6.54 Å². The van der Waals surface area contributed by atoms with E-state index in [0.29, 0.717) is 18.5 Å². The van der Waals surface area contributed by atoms with E-state index in [1.54, 1.807) is 0 Å². The van der Waals surface area contributed by atoms with Gasteiger partial charge in [0, 0.05) is 32.2 Å². The molecule has 5 heteroatoms. The second-order valence-electron chi connectivity index (χ2n) is 6.88. The second kappa shape index (κ2) is 8.71. The Morgan fingerprint density at radius 3 is 2.48 bits per heavy atom. The van der Waals surface area contributed by atoms with E-state index in [9.17, 15) is 4.79 Å². The number of rotatable bonds is 6. The van der Waals surface area contributed by atoms with Gasteiger partial charge in [-0.3, -0.25) is 9.69 Å². The Kier molecular flexibility index (Phi) is 6.93. The number of carbonyl (C=O) groups excluding carboxylic acids is 1. The molecule has 122 valence electrons. The molecular weight excluding hydrogens is 264 g/mol. The molecule has 0 aromatic carbocycles. The lowest BCUT2D eigenvalue weighted by Crippen LogP contribution is -2.45. The fraction of sp³-hybridized carbons (Fsp3) is 0.938. The van der Waals surface area contributed by atoms with Crippen molar-refractivity contribution in [1.82, 2.24) is 15.1 Å². The van der Waals surface area contributed by atoms with Crippen molar-refractivity contribution in [1.29, 1.82) is 0 Å². The predicted molar refractivity (Wildman–Crippen MR) is 86.1 cm³/mol. The molecule has 1 atom stereocenters. The van der Waals surface area contributed by atoms with Crippen LogP contribution in [0.15, 0.2) is 0 Å². The number of nitrogens with two attached hydrogens (primary N) is 1. The van der Waals surface area contributed by atoms with Gasteiger partial charge in [0.1, 0.15) is 0 Å². The number of likely N-dealkylation sites (tertiary alicyclic amines) is 2. The van der Waals surface area contributed by atoms with Crippen LogP contribution in [-0.2, 0) is 4.79 Å². The highest BCUT2D eigenvalue weighted by Crippen LogP contribution is 2.10. The van der Waals surface area contributed by atoms with Crippen LogP contribution in [0.25, 0.3) is 0 Å². The van der Waals surface area contributed by atoms with Crippen molar-refractivity contribution < 1.29 is 4.79 Å². The van der Waals surface area contributed by atoms with Crippen LogP contribution in [0.1, 0.15) is 39.0 Å². The summed E-state index contributed by atoms with van der Waals surface area (Å²) in [6, 6.07) is 0.328. The maximum absolute atomic E-state index is 12.0. The van der Waals surface area contributed by atoms with E-state index in [1.165, 1.54) is 32.4 Å². The zero-order valence-corrected chi connectivity index (χ0v) is 13.5. The Labute approximate surface area is 129 Å². The molecule has 2 aliphatic rings. The van der Waals surface area contributed by atoms with Gasteiger partial charge in [0.15, 0.2) is 0 Å². The van der Waals surface area contributed by atoms with Gasteiger partial charge in [0.25, 0.3) is 0 Å². The highest BCUT2D eigenvalue weighted by molar-refractivity contribution is 5.78. The van der Waals surface area contributed by atoms with E-state index in [0.717, 1.165) is 39.0 Å². The summed E-state index contributed by atoms with van der Waals surface area (Å²) in [5.41, 5.74) is 5.88. The summed E-state index contributed by atoms with van der Waals surface area (Å²) >= 11 is 0. The van der Waals surface area contributed by atoms with E-state index < -0.39 is 0 Å². The molecule has 0 radical (unpaired) electrons. The van der Waals surface area contributed by atoms with Crippen LogP contribution in [0.4, 0.5) is 0 Å². The summed E-state index contributed by atoms with van der Waals surface area (Å²) in [5.74, 6) is 0.692. The third-order valence-corrected chi connectivity index (χ3v) is 4.67. The van der Waals surface area contributed by atoms with E-state index in [1.807, 2.05) is 0 Å². The van der Waals surface area contributed by atoms with E-state index in [2.05, 4.69) is 22.0 Å². The van der Waals surface area contributed by atoms with Crippen LogP contribution >= 0.6 is 0 Å². The molecule has 21 heavy (non-hydrogen) atoms. The van der Waals surface area contributed by atoms with Crippen LogP contribution in [0.3, 0.4) is 0 Å². The molecule has 2 saturated heterocycles. The molecule has 0 aromatic heterocycles. The molecular formula is C16H32N4O. The first kappa shape index (κ1) is 16.7. The quantitative estimate of drug-likeness (QED) is 0.755. The molecule has 2 rings (SSSR count). The summed E-state index contributed by atoms with van der Waals surface area (Å²) in [5, 5.41) is 3.09. The minimum atomic E-state index is 0.163. The first-order valence-electron chi connectivity index (χ1n) is 8.60. The topological polar surface area (TPSA) is 61.6 Å². The average molecular weight is 296 g/mol. The van der Waals surface area contributed by atoms with Gasteiger partial charge in [-0.15, -0.1) is 0 Å². The summed E-state index contributed by atoms with van der Waals surface area (Å²) in [6.07, 6.45) is 6.06. The normalized spacial score (nSPS) is 23.9. The van der Waals surface area contributed by atoms with Crippen LogP contribution in [0.5, 0.6) is 0 Å². The van der Waals surface area contributed by atoms with E-state index >= 15 is 0 Å². The highest BCUT2D eigenvalue weighted by atomic mass is 16.2. The molecule has 2 aliphatic heterocycles. The predicted octanol–water partition coefficient (Wildman–Crippen LogP) is 0.648. The number of nitrogens with one attached hydrogen (secondary N) is 1. The maximum Gasteiger partial charge on any atom is 0.234 e. The van der Waals surface area contributed by atoms with Gasteiger partial charge < -0.3 is 16.0 Å². The number of piperidine rings is 2. The van der Waals surface area contributed by atoms with E-state index in [-0.39, 0.29) is 5.91 Å². The molecule has 0 aromatic rings. The molecule has 1 amide bonds. The molecule has 0 saturated carbocycles. The van der Waals surface area contributed by atoms with Gasteiger partial charge in [-0.2, -0.15) is 0 Å². The third kappa shape index (κ3) is 6.32. The maximum atomic E-state index is 12.0. The Balaban J connectivity index is 1.57. The lowest BCUT2D eigenvalue weighted by molar-refractivity contribution is -0.122. The fourth-order valence-electron chi connectivity index (χ4n) is 3.31. The number of nitrogens with zero attached hydrogens (tertiary/aromatic N) is 2. The van der Waals surface area contributed by atoms with Crippen molar-refractivity contribution >= 4 is 5.91 Å². The molecule has 0 aliphatic carbocycles. The smallest absolute Gasteiger partial charge is 0.234 e. The van der Waals surface area contributed by atoms with Gasteiger partial charge in [0.2, 0.25) is 5.91 Å². The summed E-state index contributed by atoms with van der Waals surface area (Å²) in [6.45, 7) is 9.04. The zero-order valence-electron chi connectivity index (χ0n) is 13.5. The first-order chi connectivity index (χ1) is 10.1. The highest BCUT2D eigenvalue weighted by Gasteiger charge is 2.19. The summed E-state index contributed by atoms with van der Waals surface area (Å²) in [4.78, 5) is 16.7. The van der Waals surface area contributed by atoms with E-state index in [4.69, 9.17) is 5.73 Å². The lowest BCUT2D eigenvalue weighted by Gasteiger charge is -2.30. The van der Waals surface area contributed by atoms with Crippen LogP contribution in [0.2, 0.25) is 0 Å².